The number of imidazole rings is 1. The lowest BCUT2D eigenvalue weighted by atomic mass is 10.2. The summed E-state index contributed by atoms with van der Waals surface area (Å²) in [5, 5.41) is 3.27. The molecule has 1 N–H and O–H groups in total. The van der Waals surface area contributed by atoms with Crippen molar-refractivity contribution in [3.63, 3.8) is 0 Å². The van der Waals surface area contributed by atoms with Crippen molar-refractivity contribution in [2.24, 2.45) is 0 Å². The van der Waals surface area contributed by atoms with Crippen LogP contribution in [0.4, 0.5) is 10.3 Å². The van der Waals surface area contributed by atoms with E-state index in [-0.39, 0.29) is 5.82 Å². The van der Waals surface area contributed by atoms with Crippen LogP contribution in [-0.4, -0.2) is 29.3 Å². The van der Waals surface area contributed by atoms with Crippen LogP contribution < -0.4 is 5.32 Å². The SMILES string of the molecule is CCOCCCNc1nccn1Cc1cccc(F)c1. The second-order valence-corrected chi connectivity index (χ2v) is 4.49. The number of benzene rings is 1. The smallest absolute Gasteiger partial charge is 0.203 e. The van der Waals surface area contributed by atoms with Crippen molar-refractivity contribution in [3.8, 4) is 0 Å². The Morgan fingerprint density at radius 2 is 2.30 bits per heavy atom. The maximum atomic E-state index is 13.2. The highest BCUT2D eigenvalue weighted by Gasteiger charge is 2.03. The van der Waals surface area contributed by atoms with Crippen molar-refractivity contribution in [1.82, 2.24) is 9.55 Å². The highest BCUT2D eigenvalue weighted by atomic mass is 19.1. The Hall–Kier alpha value is -1.88. The number of aromatic nitrogens is 2. The molecule has 0 aliphatic heterocycles. The fourth-order valence-electron chi connectivity index (χ4n) is 1.95. The number of nitrogens with zero attached hydrogens (tertiary/aromatic N) is 2. The quantitative estimate of drug-likeness (QED) is 0.754. The molecule has 0 atom stereocenters. The van der Waals surface area contributed by atoms with E-state index in [0.717, 1.165) is 37.7 Å². The standard InChI is InChI=1S/C15H20FN3O/c1-2-20-10-4-7-17-15-18-8-9-19(15)12-13-5-3-6-14(16)11-13/h3,5-6,8-9,11H,2,4,7,10,12H2,1H3,(H,17,18). The minimum Gasteiger partial charge on any atom is -0.382 e. The van der Waals surface area contributed by atoms with Gasteiger partial charge >= 0.3 is 0 Å². The number of ether oxygens (including phenoxy) is 1. The summed E-state index contributed by atoms with van der Waals surface area (Å²) >= 11 is 0. The van der Waals surface area contributed by atoms with Crippen LogP contribution in [0.5, 0.6) is 0 Å². The fraction of sp³-hybridized carbons (Fsp3) is 0.400. The Morgan fingerprint density at radius 3 is 3.10 bits per heavy atom. The van der Waals surface area contributed by atoms with Crippen molar-refractivity contribution >= 4 is 5.95 Å². The molecule has 0 spiro atoms. The number of nitrogens with one attached hydrogen (secondary N) is 1. The third-order valence-electron chi connectivity index (χ3n) is 2.91. The fourth-order valence-corrected chi connectivity index (χ4v) is 1.95. The minimum absolute atomic E-state index is 0.214. The summed E-state index contributed by atoms with van der Waals surface area (Å²) in [6.07, 6.45) is 4.56. The van der Waals surface area contributed by atoms with Crippen molar-refractivity contribution in [2.75, 3.05) is 25.1 Å². The summed E-state index contributed by atoms with van der Waals surface area (Å²) in [6.45, 7) is 4.88. The van der Waals surface area contributed by atoms with Crippen LogP contribution in [0.3, 0.4) is 0 Å². The van der Waals surface area contributed by atoms with Gasteiger partial charge in [0.2, 0.25) is 5.95 Å². The summed E-state index contributed by atoms with van der Waals surface area (Å²) < 4.78 is 20.4. The van der Waals surface area contributed by atoms with Crippen LogP contribution in [0, 0.1) is 5.82 Å². The molecule has 4 nitrogen and oxygen atoms in total. The van der Waals surface area contributed by atoms with Gasteiger partial charge in [0.1, 0.15) is 5.82 Å². The highest BCUT2D eigenvalue weighted by Crippen LogP contribution is 2.10. The molecular weight excluding hydrogens is 257 g/mol. The first-order valence-corrected chi connectivity index (χ1v) is 6.87. The monoisotopic (exact) mass is 277 g/mol. The van der Waals surface area contributed by atoms with E-state index in [1.165, 1.54) is 6.07 Å². The summed E-state index contributed by atoms with van der Waals surface area (Å²) in [6, 6.07) is 6.61. The number of anilines is 1. The van der Waals surface area contributed by atoms with Gasteiger partial charge in [0.25, 0.3) is 0 Å². The molecule has 0 bridgehead atoms. The van der Waals surface area contributed by atoms with Gasteiger partial charge in [0.15, 0.2) is 0 Å². The summed E-state index contributed by atoms with van der Waals surface area (Å²) in [5.41, 5.74) is 0.917. The third kappa shape index (κ3) is 4.35. The molecule has 2 aromatic rings. The van der Waals surface area contributed by atoms with Gasteiger partial charge in [-0.25, -0.2) is 9.37 Å². The lowest BCUT2D eigenvalue weighted by molar-refractivity contribution is 0.147. The molecule has 0 unspecified atom stereocenters. The highest BCUT2D eigenvalue weighted by molar-refractivity contribution is 5.28. The van der Waals surface area contributed by atoms with E-state index >= 15 is 0 Å². The van der Waals surface area contributed by atoms with E-state index in [1.807, 2.05) is 23.8 Å². The molecule has 0 aliphatic rings. The Bertz CT molecular complexity index is 527. The number of hydrogen-bond acceptors (Lipinski definition) is 3. The van der Waals surface area contributed by atoms with Crippen LogP contribution in [0.15, 0.2) is 36.7 Å². The lowest BCUT2D eigenvalue weighted by Crippen LogP contribution is -2.11. The second kappa shape index (κ2) is 7.65. The predicted molar refractivity (Wildman–Crippen MR) is 77.3 cm³/mol. The molecule has 20 heavy (non-hydrogen) atoms. The Labute approximate surface area is 118 Å². The average molecular weight is 277 g/mol. The first-order chi connectivity index (χ1) is 9.79. The molecule has 1 aromatic heterocycles. The van der Waals surface area contributed by atoms with Gasteiger partial charge in [-0.1, -0.05) is 12.1 Å². The molecule has 0 fully saturated rings. The maximum Gasteiger partial charge on any atom is 0.203 e. The molecule has 0 radical (unpaired) electrons. The normalized spacial score (nSPS) is 10.7. The van der Waals surface area contributed by atoms with Gasteiger partial charge < -0.3 is 14.6 Å². The molecule has 0 amide bonds. The van der Waals surface area contributed by atoms with Gasteiger partial charge in [-0.15, -0.1) is 0 Å². The Balaban J connectivity index is 1.88. The number of halogens is 1. The predicted octanol–water partition coefficient (Wildman–Crippen LogP) is 2.91. The number of hydrogen-bond donors (Lipinski definition) is 1. The first kappa shape index (κ1) is 14.5. The van der Waals surface area contributed by atoms with E-state index in [4.69, 9.17) is 4.74 Å². The van der Waals surface area contributed by atoms with Crippen LogP contribution in [0.2, 0.25) is 0 Å². The van der Waals surface area contributed by atoms with Gasteiger partial charge in [-0.05, 0) is 31.0 Å². The summed E-state index contributed by atoms with van der Waals surface area (Å²) in [4.78, 5) is 4.27. The first-order valence-electron chi connectivity index (χ1n) is 6.87. The summed E-state index contributed by atoms with van der Waals surface area (Å²) in [5.74, 6) is 0.583. The molecule has 108 valence electrons. The average Bonchev–Trinajstić information content (AvgIpc) is 2.86. The largest absolute Gasteiger partial charge is 0.382 e. The molecule has 2 rings (SSSR count). The topological polar surface area (TPSA) is 39.1 Å². The number of rotatable bonds is 8. The Morgan fingerprint density at radius 1 is 1.40 bits per heavy atom. The van der Waals surface area contributed by atoms with E-state index in [0.29, 0.717) is 6.54 Å². The third-order valence-corrected chi connectivity index (χ3v) is 2.91. The van der Waals surface area contributed by atoms with Gasteiger partial charge in [-0.2, -0.15) is 0 Å². The van der Waals surface area contributed by atoms with E-state index in [2.05, 4.69) is 10.3 Å². The van der Waals surface area contributed by atoms with Crippen LogP contribution in [-0.2, 0) is 11.3 Å². The Kier molecular flexibility index (Phi) is 5.55. The second-order valence-electron chi connectivity index (χ2n) is 4.49. The molecule has 0 aliphatic carbocycles. The van der Waals surface area contributed by atoms with E-state index < -0.39 is 0 Å². The lowest BCUT2D eigenvalue weighted by Gasteiger charge is -2.10. The van der Waals surface area contributed by atoms with Gasteiger partial charge in [0.05, 0.1) is 6.54 Å². The van der Waals surface area contributed by atoms with Crippen molar-refractivity contribution in [3.05, 3.63) is 48.0 Å². The van der Waals surface area contributed by atoms with Crippen LogP contribution in [0.25, 0.3) is 0 Å². The molecule has 0 saturated heterocycles. The van der Waals surface area contributed by atoms with Gasteiger partial charge in [-0.3, -0.25) is 0 Å². The van der Waals surface area contributed by atoms with Crippen LogP contribution >= 0.6 is 0 Å². The van der Waals surface area contributed by atoms with E-state index in [9.17, 15) is 4.39 Å². The molecule has 1 aromatic carbocycles. The maximum absolute atomic E-state index is 13.2. The zero-order valence-electron chi connectivity index (χ0n) is 11.7. The van der Waals surface area contributed by atoms with Gasteiger partial charge in [0, 0.05) is 32.2 Å². The van der Waals surface area contributed by atoms with Crippen molar-refractivity contribution in [1.29, 1.82) is 0 Å². The zero-order valence-corrected chi connectivity index (χ0v) is 11.7. The van der Waals surface area contributed by atoms with Crippen molar-refractivity contribution < 1.29 is 9.13 Å². The van der Waals surface area contributed by atoms with Crippen molar-refractivity contribution in [2.45, 2.75) is 19.9 Å². The van der Waals surface area contributed by atoms with Crippen LogP contribution in [0.1, 0.15) is 18.9 Å². The molecule has 0 saturated carbocycles. The summed E-state index contributed by atoms with van der Waals surface area (Å²) in [7, 11) is 0. The minimum atomic E-state index is -0.214. The molecule has 1 heterocycles. The molecule has 5 heteroatoms. The molecular formula is C15H20FN3O. The van der Waals surface area contributed by atoms with E-state index in [1.54, 1.807) is 18.3 Å². The zero-order chi connectivity index (χ0) is 14.2.